The van der Waals surface area contributed by atoms with Crippen LogP contribution in [0.2, 0.25) is 0 Å². The SMILES string of the molecule is CCC1(C)C(=O)NC(C)(C)C(=O)N1CC1CCCO1. The molecule has 108 valence electrons. The Balaban J connectivity index is 2.26. The Morgan fingerprint density at radius 3 is 2.58 bits per heavy atom. The topological polar surface area (TPSA) is 58.6 Å². The monoisotopic (exact) mass is 268 g/mol. The maximum absolute atomic E-state index is 12.6. The van der Waals surface area contributed by atoms with Crippen molar-refractivity contribution in [2.75, 3.05) is 13.2 Å². The van der Waals surface area contributed by atoms with Crippen LogP contribution < -0.4 is 5.32 Å². The number of piperazine rings is 1. The Morgan fingerprint density at radius 2 is 2.05 bits per heavy atom. The lowest BCUT2D eigenvalue weighted by atomic mass is 9.86. The van der Waals surface area contributed by atoms with Crippen molar-refractivity contribution in [1.29, 1.82) is 0 Å². The van der Waals surface area contributed by atoms with Gasteiger partial charge < -0.3 is 15.0 Å². The van der Waals surface area contributed by atoms with Crippen molar-refractivity contribution in [3.8, 4) is 0 Å². The third-order valence-electron chi connectivity index (χ3n) is 4.39. The number of hydrogen-bond acceptors (Lipinski definition) is 3. The lowest BCUT2D eigenvalue weighted by molar-refractivity contribution is -0.163. The van der Waals surface area contributed by atoms with E-state index in [-0.39, 0.29) is 17.9 Å². The van der Waals surface area contributed by atoms with Crippen LogP contribution in [0.15, 0.2) is 0 Å². The van der Waals surface area contributed by atoms with Crippen molar-refractivity contribution >= 4 is 11.8 Å². The summed E-state index contributed by atoms with van der Waals surface area (Å²) in [6, 6.07) is 0. The van der Waals surface area contributed by atoms with Crippen LogP contribution in [0.5, 0.6) is 0 Å². The molecule has 0 bridgehead atoms. The van der Waals surface area contributed by atoms with Gasteiger partial charge in [0.1, 0.15) is 11.1 Å². The largest absolute Gasteiger partial charge is 0.376 e. The zero-order chi connectivity index (χ0) is 14.3. The van der Waals surface area contributed by atoms with Gasteiger partial charge in [0.05, 0.1) is 6.10 Å². The van der Waals surface area contributed by atoms with Crippen LogP contribution in [0.4, 0.5) is 0 Å². The van der Waals surface area contributed by atoms with E-state index in [2.05, 4.69) is 5.32 Å². The average Bonchev–Trinajstić information content (AvgIpc) is 2.85. The minimum absolute atomic E-state index is 0.0213. The van der Waals surface area contributed by atoms with Crippen molar-refractivity contribution in [1.82, 2.24) is 10.2 Å². The second-order valence-corrected chi connectivity index (χ2v) is 6.26. The molecule has 0 aliphatic carbocycles. The molecular weight excluding hydrogens is 244 g/mol. The molecule has 2 unspecified atom stereocenters. The molecule has 5 heteroatoms. The molecular formula is C14H24N2O3. The molecule has 2 aliphatic rings. The van der Waals surface area contributed by atoms with Gasteiger partial charge in [-0.25, -0.2) is 0 Å². The van der Waals surface area contributed by atoms with Crippen LogP contribution in [0.1, 0.15) is 47.0 Å². The zero-order valence-corrected chi connectivity index (χ0v) is 12.3. The van der Waals surface area contributed by atoms with Gasteiger partial charge in [0.2, 0.25) is 11.8 Å². The summed E-state index contributed by atoms with van der Waals surface area (Å²) in [5.74, 6) is -0.0930. The molecule has 2 fully saturated rings. The summed E-state index contributed by atoms with van der Waals surface area (Å²) in [5.41, 5.74) is -1.59. The molecule has 0 spiro atoms. The van der Waals surface area contributed by atoms with Crippen LogP contribution in [-0.4, -0.2) is 47.0 Å². The maximum atomic E-state index is 12.6. The Bertz CT molecular complexity index is 388. The van der Waals surface area contributed by atoms with Gasteiger partial charge in [-0.15, -0.1) is 0 Å². The lowest BCUT2D eigenvalue weighted by Gasteiger charge is -2.49. The fourth-order valence-electron chi connectivity index (χ4n) is 2.78. The number of amides is 2. The molecule has 2 heterocycles. The molecule has 0 aromatic carbocycles. The minimum Gasteiger partial charge on any atom is -0.376 e. The van der Waals surface area contributed by atoms with Gasteiger partial charge in [-0.1, -0.05) is 6.92 Å². The molecule has 2 saturated heterocycles. The smallest absolute Gasteiger partial charge is 0.248 e. The van der Waals surface area contributed by atoms with Gasteiger partial charge in [-0.3, -0.25) is 9.59 Å². The molecule has 2 atom stereocenters. The first-order valence-electron chi connectivity index (χ1n) is 7.07. The highest BCUT2D eigenvalue weighted by atomic mass is 16.5. The van der Waals surface area contributed by atoms with E-state index in [4.69, 9.17) is 4.74 Å². The lowest BCUT2D eigenvalue weighted by Crippen LogP contribution is -2.73. The molecule has 19 heavy (non-hydrogen) atoms. The van der Waals surface area contributed by atoms with Gasteiger partial charge >= 0.3 is 0 Å². The molecule has 2 aliphatic heterocycles. The Labute approximate surface area is 114 Å². The van der Waals surface area contributed by atoms with Crippen LogP contribution >= 0.6 is 0 Å². The van der Waals surface area contributed by atoms with E-state index < -0.39 is 11.1 Å². The quantitative estimate of drug-likeness (QED) is 0.833. The maximum Gasteiger partial charge on any atom is 0.248 e. The molecule has 0 aromatic rings. The van der Waals surface area contributed by atoms with E-state index in [0.29, 0.717) is 13.0 Å². The Hall–Kier alpha value is -1.10. The number of nitrogens with zero attached hydrogens (tertiary/aromatic N) is 1. The number of ether oxygens (including phenoxy) is 1. The molecule has 0 radical (unpaired) electrons. The number of carbonyl (C=O) groups excluding carboxylic acids is 2. The second kappa shape index (κ2) is 4.78. The fourth-order valence-corrected chi connectivity index (χ4v) is 2.78. The van der Waals surface area contributed by atoms with Gasteiger partial charge in [-0.05, 0) is 40.0 Å². The predicted octanol–water partition coefficient (Wildman–Crippen LogP) is 1.07. The third kappa shape index (κ3) is 2.36. The number of carbonyl (C=O) groups is 2. The Morgan fingerprint density at radius 1 is 1.37 bits per heavy atom. The number of rotatable bonds is 3. The number of nitrogens with one attached hydrogen (secondary N) is 1. The van der Waals surface area contributed by atoms with Gasteiger partial charge in [0.15, 0.2) is 0 Å². The van der Waals surface area contributed by atoms with E-state index >= 15 is 0 Å². The predicted molar refractivity (Wildman–Crippen MR) is 71.6 cm³/mol. The summed E-state index contributed by atoms with van der Waals surface area (Å²) in [7, 11) is 0. The molecule has 0 saturated carbocycles. The summed E-state index contributed by atoms with van der Waals surface area (Å²) in [4.78, 5) is 26.7. The first kappa shape index (κ1) is 14.3. The summed E-state index contributed by atoms with van der Waals surface area (Å²) in [5, 5.41) is 2.83. The van der Waals surface area contributed by atoms with Gasteiger partial charge in [0.25, 0.3) is 0 Å². The summed E-state index contributed by atoms with van der Waals surface area (Å²) >= 11 is 0. The van der Waals surface area contributed by atoms with Crippen LogP contribution in [0.25, 0.3) is 0 Å². The standard InChI is InChI=1S/C14H24N2O3/c1-5-14(4)11(17)15-13(2,3)12(18)16(14)9-10-7-6-8-19-10/h10H,5-9H2,1-4H3,(H,15,17). The van der Waals surface area contributed by atoms with E-state index in [9.17, 15) is 9.59 Å². The average molecular weight is 268 g/mol. The highest BCUT2D eigenvalue weighted by Gasteiger charge is 2.52. The highest BCUT2D eigenvalue weighted by Crippen LogP contribution is 2.30. The second-order valence-electron chi connectivity index (χ2n) is 6.26. The summed E-state index contributed by atoms with van der Waals surface area (Å²) in [6.45, 7) is 8.55. The number of hydrogen-bond donors (Lipinski definition) is 1. The van der Waals surface area contributed by atoms with Crippen LogP contribution in [-0.2, 0) is 14.3 Å². The van der Waals surface area contributed by atoms with E-state index in [1.807, 2.05) is 13.8 Å². The van der Waals surface area contributed by atoms with Crippen molar-refractivity contribution in [2.45, 2.75) is 64.1 Å². The normalized spacial score (nSPS) is 34.5. The van der Waals surface area contributed by atoms with Crippen molar-refractivity contribution in [2.24, 2.45) is 0 Å². The van der Waals surface area contributed by atoms with E-state index in [0.717, 1.165) is 19.4 Å². The fraction of sp³-hybridized carbons (Fsp3) is 0.857. The van der Waals surface area contributed by atoms with Crippen molar-refractivity contribution < 1.29 is 14.3 Å². The molecule has 1 N–H and O–H groups in total. The first-order valence-corrected chi connectivity index (χ1v) is 7.07. The molecule has 5 nitrogen and oxygen atoms in total. The minimum atomic E-state index is -0.829. The van der Waals surface area contributed by atoms with Crippen LogP contribution in [0, 0.1) is 0 Å². The molecule has 2 rings (SSSR count). The van der Waals surface area contributed by atoms with Gasteiger partial charge in [0, 0.05) is 13.2 Å². The summed E-state index contributed by atoms with van der Waals surface area (Å²) < 4.78 is 5.62. The van der Waals surface area contributed by atoms with Gasteiger partial charge in [-0.2, -0.15) is 0 Å². The van der Waals surface area contributed by atoms with Crippen molar-refractivity contribution in [3.05, 3.63) is 0 Å². The molecule has 2 amide bonds. The Kier molecular flexibility index (Phi) is 3.60. The molecule has 0 aromatic heterocycles. The first-order chi connectivity index (χ1) is 8.81. The van der Waals surface area contributed by atoms with E-state index in [1.165, 1.54) is 0 Å². The zero-order valence-electron chi connectivity index (χ0n) is 12.3. The highest BCUT2D eigenvalue weighted by molar-refractivity contribution is 6.01. The van der Waals surface area contributed by atoms with Crippen molar-refractivity contribution in [3.63, 3.8) is 0 Å². The van der Waals surface area contributed by atoms with Crippen LogP contribution in [0.3, 0.4) is 0 Å². The van der Waals surface area contributed by atoms with E-state index in [1.54, 1.807) is 18.7 Å². The summed E-state index contributed by atoms with van der Waals surface area (Å²) in [6.07, 6.45) is 2.67. The third-order valence-corrected chi connectivity index (χ3v) is 4.39.